The van der Waals surface area contributed by atoms with Crippen molar-refractivity contribution in [1.82, 2.24) is 0 Å². The average molecular weight is 1910 g/mol. The van der Waals surface area contributed by atoms with Gasteiger partial charge in [-0.05, 0) is 417 Å². The molecule has 0 N–H and O–H groups in total. The number of hydrogen-bond donors (Lipinski definition) is 0. The monoisotopic (exact) mass is 1900 g/mol. The summed E-state index contributed by atoms with van der Waals surface area (Å²) in [5.74, 6) is 24.6. The van der Waals surface area contributed by atoms with E-state index >= 15 is 0 Å². The Balaban J connectivity index is 0.000000732. The second-order valence-corrected chi connectivity index (χ2v) is 49.2. The predicted octanol–water partition coefficient (Wildman–Crippen LogP) is 37.9. The average Bonchev–Trinajstić information content (AvgIpc) is 0.879. The van der Waals surface area contributed by atoms with Crippen LogP contribution in [0.5, 0.6) is 0 Å². The second-order valence-electron chi connectivity index (χ2n) is 49.2. The molecule has 0 spiro atoms. The zero-order chi connectivity index (χ0) is 105. The summed E-state index contributed by atoms with van der Waals surface area (Å²) in [6.07, 6.45) is 32.0. The predicted molar refractivity (Wildman–Crippen MR) is 599 cm³/mol. The van der Waals surface area contributed by atoms with Crippen molar-refractivity contribution in [2.24, 2.45) is 178 Å². The summed E-state index contributed by atoms with van der Waals surface area (Å²) >= 11 is 0. The summed E-state index contributed by atoms with van der Waals surface area (Å²) in [5.41, 5.74) is 18.6. The second kappa shape index (κ2) is 66.5. The first-order valence-electron chi connectivity index (χ1n) is 57.2. The molecule has 6 heterocycles. The summed E-state index contributed by atoms with van der Waals surface area (Å²) in [7, 11) is 0. The van der Waals surface area contributed by atoms with Crippen molar-refractivity contribution in [1.29, 1.82) is 0 Å². The Hall–Kier alpha value is -2.66. The summed E-state index contributed by atoms with van der Waals surface area (Å²) < 4.78 is 43.6. The number of allylic oxidation sites excluding steroid dienone is 12. The normalized spacial score (nSPS) is 40.7. The van der Waals surface area contributed by atoms with Crippen LogP contribution in [-0.4, -0.2) is 87.8 Å². The minimum Gasteiger partial charge on any atom is -0.378 e. The molecule has 0 aromatic heterocycles. The number of hydrogen-bond acceptors (Lipinski definition) is 8. The summed E-state index contributed by atoms with van der Waals surface area (Å²) in [5, 5.41) is 0. The molecule has 1 aromatic rings. The lowest BCUT2D eigenvalue weighted by atomic mass is 9.69. The maximum Gasteiger partial charge on any atom is 0.155 e. The van der Waals surface area contributed by atoms with Crippen LogP contribution in [0.25, 0.3) is 0 Å². The molecule has 14 rings (SSSR count). The van der Waals surface area contributed by atoms with E-state index in [4.69, 9.17) is 37.9 Å². The molecule has 0 amide bonds. The summed E-state index contributed by atoms with van der Waals surface area (Å²) in [6.45, 7) is 121. The molecular weight excluding hydrogens is 1670 g/mol. The molecule has 7 aliphatic carbocycles. The fourth-order valence-corrected chi connectivity index (χ4v) is 20.8. The Labute approximate surface area is 851 Å². The lowest BCUT2D eigenvalue weighted by molar-refractivity contribution is -0.219. The lowest BCUT2D eigenvalue weighted by Gasteiger charge is -2.36. The van der Waals surface area contributed by atoms with Gasteiger partial charge in [-0.2, -0.15) is 0 Å². The molecule has 6 aliphatic heterocycles. The first-order valence-corrected chi connectivity index (χ1v) is 57.2. The molecule has 8 nitrogen and oxygen atoms in total. The highest BCUT2D eigenvalue weighted by atomic mass is 16.7. The molecule has 136 heavy (non-hydrogen) atoms. The van der Waals surface area contributed by atoms with Crippen LogP contribution in [0, 0.1) is 205 Å². The Morgan fingerprint density at radius 3 is 0.757 bits per heavy atom. The van der Waals surface area contributed by atoms with Crippen LogP contribution in [-0.2, 0) is 37.9 Å². The van der Waals surface area contributed by atoms with Gasteiger partial charge in [0.1, 0.15) is 0 Å². The van der Waals surface area contributed by atoms with E-state index < -0.39 is 0 Å². The maximum absolute atomic E-state index is 5.60. The van der Waals surface area contributed by atoms with Crippen molar-refractivity contribution >= 4 is 0 Å². The summed E-state index contributed by atoms with van der Waals surface area (Å²) in [4.78, 5) is 0. The highest BCUT2D eigenvalue weighted by Crippen LogP contribution is 2.42. The molecule has 1 aromatic carbocycles. The van der Waals surface area contributed by atoms with Gasteiger partial charge in [-0.1, -0.05) is 302 Å². The van der Waals surface area contributed by atoms with Gasteiger partial charge in [0.05, 0.1) is 62.0 Å². The van der Waals surface area contributed by atoms with E-state index in [2.05, 4.69) is 383 Å². The standard InChI is InChI=1S/C10H20.6C10H18.C10H14.2C9H18O.2C8H16O.2C7H14O2/c8*1-7-5-6-8(2)10(4)9(7)3;2*1-6-5-10-9(4)8(3)7(6)2;2*1-6-4-5-7(2)9-8(6)3;2*1-5-4-8-7(3)9-6(5)2/h7-10H,5-6H2,1-4H3;2*7,9H,5-6H2,1-4H3;7-8H,5-6H2,1-4H3;2*5,8-10H,6H2,1-4H3;5-10H,1-4H3;5-6H,1-4H3;2*6-9H,5H2,1-4H3;2*6-8H,4-5H2,1-3H3;2*5-7H,4H2,1-3H3. The van der Waals surface area contributed by atoms with Crippen molar-refractivity contribution in [3.05, 3.63) is 103 Å². The van der Waals surface area contributed by atoms with Gasteiger partial charge in [0.15, 0.2) is 12.6 Å². The third-order valence-electron chi connectivity index (χ3n) is 39.5. The number of ether oxygens (including phenoxy) is 8. The van der Waals surface area contributed by atoms with Crippen molar-refractivity contribution in [2.45, 2.75) is 511 Å². The third kappa shape index (κ3) is 46.4. The fourth-order valence-electron chi connectivity index (χ4n) is 20.8. The van der Waals surface area contributed by atoms with Gasteiger partial charge < -0.3 is 37.9 Å². The van der Waals surface area contributed by atoms with Gasteiger partial charge in [0.2, 0.25) is 0 Å². The molecule has 7 fully saturated rings. The largest absolute Gasteiger partial charge is 0.378 e. The van der Waals surface area contributed by atoms with Gasteiger partial charge >= 0.3 is 0 Å². The molecule has 6 saturated heterocycles. The molecule has 0 bridgehead atoms. The molecule has 8 heteroatoms. The molecule has 798 valence electrons. The minimum absolute atomic E-state index is 0.00352. The van der Waals surface area contributed by atoms with E-state index in [1.807, 2.05) is 13.8 Å². The van der Waals surface area contributed by atoms with Crippen LogP contribution in [0.15, 0.2) is 81.0 Å². The quantitative estimate of drug-likeness (QED) is 0.238. The third-order valence-corrected chi connectivity index (χ3v) is 39.5. The summed E-state index contributed by atoms with van der Waals surface area (Å²) in [6, 6.07) is 4.36. The van der Waals surface area contributed by atoms with Crippen LogP contribution in [0.1, 0.15) is 444 Å². The number of benzene rings is 1. The zero-order valence-corrected chi connectivity index (χ0v) is 101. The van der Waals surface area contributed by atoms with Gasteiger partial charge in [0, 0.05) is 25.0 Å². The van der Waals surface area contributed by atoms with Gasteiger partial charge in [-0.25, -0.2) is 0 Å². The topological polar surface area (TPSA) is 73.8 Å². The number of aryl methyl sites for hydroxylation is 2. The van der Waals surface area contributed by atoms with Crippen molar-refractivity contribution < 1.29 is 37.9 Å². The minimum atomic E-state index is -0.00352. The van der Waals surface area contributed by atoms with Crippen molar-refractivity contribution in [3.8, 4) is 0 Å². The van der Waals surface area contributed by atoms with E-state index in [0.717, 1.165) is 192 Å². The van der Waals surface area contributed by atoms with Gasteiger partial charge in [-0.15, -0.1) is 0 Å². The van der Waals surface area contributed by atoms with Crippen molar-refractivity contribution in [2.75, 3.05) is 26.4 Å². The zero-order valence-electron chi connectivity index (χ0n) is 101. The van der Waals surface area contributed by atoms with Crippen LogP contribution >= 0.6 is 0 Å². The van der Waals surface area contributed by atoms with E-state index in [9.17, 15) is 0 Å². The van der Waals surface area contributed by atoms with Crippen molar-refractivity contribution in [3.63, 3.8) is 0 Å². The Morgan fingerprint density at radius 1 is 0.221 bits per heavy atom. The van der Waals surface area contributed by atoms with Gasteiger partial charge in [-0.3, -0.25) is 0 Å². The maximum atomic E-state index is 5.60. The van der Waals surface area contributed by atoms with E-state index in [0.29, 0.717) is 60.7 Å². The van der Waals surface area contributed by atoms with Crippen LogP contribution in [0.4, 0.5) is 0 Å². The highest BCUT2D eigenvalue weighted by molar-refractivity contribution is 5.37. The van der Waals surface area contributed by atoms with E-state index in [1.165, 1.54) is 112 Å². The molecule has 1 saturated carbocycles. The molecule has 40 unspecified atom stereocenters. The number of rotatable bonds is 0. The van der Waals surface area contributed by atoms with Gasteiger partial charge in [0.25, 0.3) is 0 Å². The fraction of sp³-hybridized carbons (Fsp3) is 0.859. The molecular formula is C128H238O8. The first kappa shape index (κ1) is 131. The smallest absolute Gasteiger partial charge is 0.155 e. The van der Waals surface area contributed by atoms with Crippen LogP contribution in [0.2, 0.25) is 0 Å². The molecule has 13 aliphatic rings. The first-order chi connectivity index (χ1) is 63.1. The van der Waals surface area contributed by atoms with E-state index in [1.54, 1.807) is 44.6 Å². The van der Waals surface area contributed by atoms with Crippen LogP contribution in [0.3, 0.4) is 0 Å². The Bertz CT molecular complexity index is 3210. The van der Waals surface area contributed by atoms with Crippen LogP contribution < -0.4 is 0 Å². The van der Waals surface area contributed by atoms with E-state index in [-0.39, 0.29) is 12.6 Å². The SMILES string of the molecule is CC1=C(C)C(C)C(C)CC1.CC1=C(C)C(C)C(C)CC1.CC1=C(C)C(C)CCC1C.CC1=CCC(C)C(C)C1C.CC1=CCC(C)C(C)C1C.CC1C=CC(C)C(C)C1C.CC1CCC(C)C(C)C1C.CC1CCC(C)C(C)O1.CC1CCC(C)C(C)O1.CC1COC(C)C(C)C1C.CC1COC(C)C(C)C1C.CC1OCC(C)C(C)O1.CC1OCC(C)C(C)O1.Cc1ccc(C)c(C)c1C. The Morgan fingerprint density at radius 2 is 0.500 bits per heavy atom. The molecule has 40 atom stereocenters. The lowest BCUT2D eigenvalue weighted by Crippen LogP contribution is -2.36. The highest BCUT2D eigenvalue weighted by Gasteiger charge is 2.35. The Kier molecular flexibility index (Phi) is 64.2. The molecule has 0 radical (unpaired) electrons.